The van der Waals surface area contributed by atoms with Gasteiger partial charge in [-0.05, 0) is 11.5 Å². The molecule has 0 radical (unpaired) electrons. The fraction of sp³-hybridized carbons (Fsp3) is 0.400. The molecule has 2 aliphatic rings. The molecule has 70 valence electrons. The van der Waals surface area contributed by atoms with Gasteiger partial charge in [-0.15, -0.1) is 0 Å². The number of allylic oxidation sites excluding steroid dienone is 4. The maximum absolute atomic E-state index is 3.36. The van der Waals surface area contributed by atoms with Crippen molar-refractivity contribution in [2.45, 2.75) is 0 Å². The van der Waals surface area contributed by atoms with Gasteiger partial charge in [-0.25, -0.2) is 0 Å². The summed E-state index contributed by atoms with van der Waals surface area (Å²) in [7, 11) is 0. The van der Waals surface area contributed by atoms with Crippen LogP contribution in [0.3, 0.4) is 0 Å². The van der Waals surface area contributed by atoms with Crippen molar-refractivity contribution in [2.24, 2.45) is 0 Å². The second-order valence-corrected chi connectivity index (χ2v) is 4.00. The van der Waals surface area contributed by atoms with E-state index in [0.717, 1.165) is 26.2 Å². The maximum Gasteiger partial charge on any atom is 0.0750 e. The monoisotopic (exact) mass is 194 g/mol. The van der Waals surface area contributed by atoms with Gasteiger partial charge in [-0.1, -0.05) is 30.0 Å². The fourth-order valence-electron chi connectivity index (χ4n) is 1.46. The molecule has 0 bridgehead atoms. The molecule has 0 spiro atoms. The van der Waals surface area contributed by atoms with Crippen LogP contribution in [0, 0.1) is 0 Å². The minimum Gasteiger partial charge on any atom is -0.364 e. The summed E-state index contributed by atoms with van der Waals surface area (Å²) >= 11 is 1.81. The summed E-state index contributed by atoms with van der Waals surface area (Å²) in [6.07, 6.45) is 8.45. The molecule has 1 saturated heterocycles. The summed E-state index contributed by atoms with van der Waals surface area (Å²) in [6.45, 7) is 4.46. The fourth-order valence-corrected chi connectivity index (χ4v) is 2.26. The Labute approximate surface area is 83.4 Å². The van der Waals surface area contributed by atoms with Gasteiger partial charge in [0.15, 0.2) is 0 Å². The van der Waals surface area contributed by atoms with Gasteiger partial charge in [-0.3, -0.25) is 0 Å². The van der Waals surface area contributed by atoms with Crippen LogP contribution in [0.1, 0.15) is 0 Å². The van der Waals surface area contributed by atoms with E-state index in [4.69, 9.17) is 0 Å². The molecular weight excluding hydrogens is 180 g/mol. The van der Waals surface area contributed by atoms with E-state index < -0.39 is 0 Å². The largest absolute Gasteiger partial charge is 0.364 e. The van der Waals surface area contributed by atoms with E-state index in [1.54, 1.807) is 11.8 Å². The number of hydrogen-bond acceptors (Lipinski definition) is 3. The Morgan fingerprint density at radius 1 is 1.15 bits per heavy atom. The smallest absolute Gasteiger partial charge is 0.0750 e. The van der Waals surface area contributed by atoms with Crippen LogP contribution in [0.5, 0.6) is 0 Å². The van der Waals surface area contributed by atoms with Crippen LogP contribution >= 0.6 is 11.8 Å². The van der Waals surface area contributed by atoms with Crippen molar-refractivity contribution < 1.29 is 0 Å². The molecule has 3 heteroatoms. The second kappa shape index (κ2) is 4.53. The highest BCUT2D eigenvalue weighted by atomic mass is 32.2. The Morgan fingerprint density at radius 3 is 2.85 bits per heavy atom. The predicted octanol–water partition coefficient (Wildman–Crippen LogP) is 1.55. The predicted molar refractivity (Wildman–Crippen MR) is 58.4 cm³/mol. The molecule has 0 unspecified atom stereocenters. The van der Waals surface area contributed by atoms with E-state index in [1.165, 1.54) is 5.03 Å². The van der Waals surface area contributed by atoms with Crippen LogP contribution in [0.4, 0.5) is 0 Å². The van der Waals surface area contributed by atoms with Gasteiger partial charge in [0.25, 0.3) is 0 Å². The molecule has 0 amide bonds. The zero-order valence-corrected chi connectivity index (χ0v) is 8.39. The summed E-state index contributed by atoms with van der Waals surface area (Å²) in [5.41, 5.74) is 0. The van der Waals surface area contributed by atoms with Crippen molar-refractivity contribution in [2.75, 3.05) is 26.2 Å². The van der Waals surface area contributed by atoms with Crippen LogP contribution in [0.25, 0.3) is 0 Å². The Hall–Kier alpha value is -0.670. The molecular formula is C10H14N2S. The lowest BCUT2D eigenvalue weighted by molar-refractivity contribution is 0.317. The van der Waals surface area contributed by atoms with Crippen LogP contribution in [-0.2, 0) is 0 Å². The lowest BCUT2D eigenvalue weighted by atomic mass is 10.4. The SMILES string of the molecule is C1=CC=C(N2CCNCC2)SC=C1. The summed E-state index contributed by atoms with van der Waals surface area (Å²) in [5.74, 6) is 0. The first-order valence-corrected chi connectivity index (χ1v) is 5.50. The molecule has 0 saturated carbocycles. The van der Waals surface area contributed by atoms with Crippen molar-refractivity contribution in [3.63, 3.8) is 0 Å². The minimum atomic E-state index is 1.10. The molecule has 2 nitrogen and oxygen atoms in total. The summed E-state index contributed by atoms with van der Waals surface area (Å²) in [5, 5.41) is 6.86. The van der Waals surface area contributed by atoms with Crippen LogP contribution in [0.2, 0.25) is 0 Å². The third-order valence-electron chi connectivity index (χ3n) is 2.16. The number of nitrogens with one attached hydrogen (secondary N) is 1. The average Bonchev–Trinajstić information content (AvgIpc) is 2.47. The van der Waals surface area contributed by atoms with Gasteiger partial charge in [0.1, 0.15) is 0 Å². The number of piperazine rings is 1. The highest BCUT2D eigenvalue weighted by Crippen LogP contribution is 2.23. The number of thioether (sulfide) groups is 1. The normalized spacial score (nSPS) is 22.8. The van der Waals surface area contributed by atoms with Gasteiger partial charge in [0.2, 0.25) is 0 Å². The molecule has 0 aromatic heterocycles. The molecule has 0 aliphatic carbocycles. The second-order valence-electron chi connectivity index (χ2n) is 3.07. The van der Waals surface area contributed by atoms with Crippen molar-refractivity contribution >= 4 is 11.8 Å². The van der Waals surface area contributed by atoms with Crippen molar-refractivity contribution in [3.05, 3.63) is 34.7 Å². The molecule has 2 rings (SSSR count). The lowest BCUT2D eigenvalue weighted by Crippen LogP contribution is -2.42. The van der Waals surface area contributed by atoms with Crippen LogP contribution < -0.4 is 5.32 Å². The van der Waals surface area contributed by atoms with Gasteiger partial charge < -0.3 is 10.2 Å². The Morgan fingerprint density at radius 2 is 2.00 bits per heavy atom. The Bertz CT molecular complexity index is 250. The first kappa shape index (κ1) is 8.91. The Balaban J connectivity index is 2.01. The van der Waals surface area contributed by atoms with Crippen molar-refractivity contribution in [1.82, 2.24) is 10.2 Å². The summed E-state index contributed by atoms with van der Waals surface area (Å²) in [6, 6.07) is 0. The Kier molecular flexibility index (Phi) is 3.11. The molecule has 0 atom stereocenters. The number of hydrogen-bond donors (Lipinski definition) is 1. The summed E-state index contributed by atoms with van der Waals surface area (Å²) in [4.78, 5) is 2.43. The first-order chi connectivity index (χ1) is 6.47. The first-order valence-electron chi connectivity index (χ1n) is 4.63. The van der Waals surface area contributed by atoms with Gasteiger partial charge in [-0.2, -0.15) is 0 Å². The zero-order valence-electron chi connectivity index (χ0n) is 7.57. The third-order valence-corrected chi connectivity index (χ3v) is 3.09. The molecule has 1 N–H and O–H groups in total. The van der Waals surface area contributed by atoms with E-state index >= 15 is 0 Å². The quantitative estimate of drug-likeness (QED) is 0.682. The maximum atomic E-state index is 3.36. The minimum absolute atomic E-state index is 1.10. The number of rotatable bonds is 1. The highest BCUT2D eigenvalue weighted by Gasteiger charge is 2.11. The molecule has 13 heavy (non-hydrogen) atoms. The standard InChI is InChI=1S/C10H14N2S/c1-2-4-10(13-9-3-1)12-7-5-11-6-8-12/h1-4,9,11H,5-8H2. The van der Waals surface area contributed by atoms with E-state index in [9.17, 15) is 0 Å². The molecule has 0 aromatic rings. The van der Waals surface area contributed by atoms with E-state index in [0.29, 0.717) is 0 Å². The molecule has 2 heterocycles. The summed E-state index contributed by atoms with van der Waals surface area (Å²) < 4.78 is 0. The van der Waals surface area contributed by atoms with Gasteiger partial charge in [0, 0.05) is 26.2 Å². The van der Waals surface area contributed by atoms with E-state index in [2.05, 4.69) is 39.9 Å². The topological polar surface area (TPSA) is 15.3 Å². The lowest BCUT2D eigenvalue weighted by Gasteiger charge is -2.30. The van der Waals surface area contributed by atoms with Crippen molar-refractivity contribution in [1.29, 1.82) is 0 Å². The van der Waals surface area contributed by atoms with Gasteiger partial charge >= 0.3 is 0 Å². The third kappa shape index (κ3) is 2.39. The average molecular weight is 194 g/mol. The van der Waals surface area contributed by atoms with Crippen LogP contribution in [-0.4, -0.2) is 31.1 Å². The van der Waals surface area contributed by atoms with Gasteiger partial charge in [0.05, 0.1) is 5.03 Å². The molecule has 1 fully saturated rings. The van der Waals surface area contributed by atoms with Crippen LogP contribution in [0.15, 0.2) is 34.7 Å². The molecule has 0 aromatic carbocycles. The zero-order chi connectivity index (χ0) is 8.93. The van der Waals surface area contributed by atoms with Crippen molar-refractivity contribution in [3.8, 4) is 0 Å². The number of nitrogens with zero attached hydrogens (tertiary/aromatic N) is 1. The molecule has 2 aliphatic heterocycles. The highest BCUT2D eigenvalue weighted by molar-refractivity contribution is 8.05. The van der Waals surface area contributed by atoms with E-state index in [-0.39, 0.29) is 0 Å². The van der Waals surface area contributed by atoms with E-state index in [1.807, 2.05) is 0 Å².